The van der Waals surface area contributed by atoms with Gasteiger partial charge in [0.25, 0.3) is 0 Å². The van der Waals surface area contributed by atoms with Crippen molar-refractivity contribution in [2.45, 2.75) is 38.5 Å². The van der Waals surface area contributed by atoms with Crippen LogP contribution < -0.4 is 11.5 Å². The van der Waals surface area contributed by atoms with Crippen LogP contribution in [0.2, 0.25) is 0 Å². The normalized spacial score (nSPS) is 11.8. The highest BCUT2D eigenvalue weighted by molar-refractivity contribution is 7.89. The van der Waals surface area contributed by atoms with Crippen LogP contribution in [0.15, 0.2) is 17.0 Å². The van der Waals surface area contributed by atoms with Gasteiger partial charge in [-0.05, 0) is 37.5 Å². The van der Waals surface area contributed by atoms with Gasteiger partial charge in [0.15, 0.2) is 0 Å². The Kier molecular flexibility index (Phi) is 5.74. The molecule has 0 aliphatic carbocycles. The second-order valence-corrected chi connectivity index (χ2v) is 6.96. The summed E-state index contributed by atoms with van der Waals surface area (Å²) in [4.78, 5) is 11.3. The highest BCUT2D eigenvalue weighted by Gasteiger charge is 2.29. The number of sulfonamides is 1. The number of hydrogen-bond donors (Lipinski definition) is 2. The third kappa shape index (κ3) is 3.95. The summed E-state index contributed by atoms with van der Waals surface area (Å²) in [6.45, 7) is 5.26. The fourth-order valence-electron chi connectivity index (χ4n) is 2.16. The molecule has 118 valence electrons. The molecule has 0 bridgehead atoms. The van der Waals surface area contributed by atoms with Gasteiger partial charge >= 0.3 is 0 Å². The molecule has 0 unspecified atom stereocenters. The number of nitrogens with zero attached hydrogens (tertiary/aromatic N) is 1. The molecule has 6 nitrogen and oxygen atoms in total. The highest BCUT2D eigenvalue weighted by atomic mass is 32.2. The Balaban J connectivity index is 3.35. The van der Waals surface area contributed by atoms with Gasteiger partial charge in [-0.2, -0.15) is 4.31 Å². The van der Waals surface area contributed by atoms with Crippen LogP contribution in [0.4, 0.5) is 5.69 Å². The molecule has 21 heavy (non-hydrogen) atoms. The topological polar surface area (TPSA) is 106 Å². The van der Waals surface area contributed by atoms with E-state index in [-0.39, 0.29) is 18.0 Å². The molecule has 0 radical (unpaired) electrons. The quantitative estimate of drug-likeness (QED) is 0.737. The van der Waals surface area contributed by atoms with Gasteiger partial charge in [0.2, 0.25) is 15.9 Å². The summed E-state index contributed by atoms with van der Waals surface area (Å²) in [5.41, 5.74) is 12.5. The number of amides is 1. The second kappa shape index (κ2) is 6.91. The van der Waals surface area contributed by atoms with E-state index in [2.05, 4.69) is 0 Å². The summed E-state index contributed by atoms with van der Waals surface area (Å²) < 4.78 is 26.8. The number of primary amides is 1. The molecule has 0 saturated heterocycles. The third-order valence-electron chi connectivity index (χ3n) is 3.34. The van der Waals surface area contributed by atoms with Gasteiger partial charge in [0.1, 0.15) is 0 Å². The molecule has 7 heteroatoms. The molecule has 0 aromatic heterocycles. The van der Waals surface area contributed by atoms with E-state index in [0.29, 0.717) is 23.2 Å². The van der Waals surface area contributed by atoms with E-state index in [1.54, 1.807) is 26.0 Å². The first-order valence-electron chi connectivity index (χ1n) is 6.86. The van der Waals surface area contributed by atoms with Crippen molar-refractivity contribution >= 4 is 21.6 Å². The lowest BCUT2D eigenvalue weighted by molar-refractivity contribution is -0.118. The lowest BCUT2D eigenvalue weighted by atomic mass is 10.1. The number of nitrogen functional groups attached to an aromatic ring is 1. The van der Waals surface area contributed by atoms with Crippen LogP contribution in [0, 0.1) is 13.8 Å². The summed E-state index contributed by atoms with van der Waals surface area (Å²) >= 11 is 0. The average molecular weight is 313 g/mol. The van der Waals surface area contributed by atoms with Crippen LogP contribution in [0.5, 0.6) is 0 Å². The highest BCUT2D eigenvalue weighted by Crippen LogP contribution is 2.27. The molecule has 0 heterocycles. The Morgan fingerprint density at radius 3 is 2.43 bits per heavy atom. The molecule has 4 N–H and O–H groups in total. The SMILES string of the molecule is CCCCN(CC(N)=O)S(=O)(=O)c1c(C)ccc(N)c1C. The largest absolute Gasteiger partial charge is 0.398 e. The van der Waals surface area contributed by atoms with E-state index in [1.165, 1.54) is 0 Å². The Bertz CT molecular complexity index is 627. The molecule has 0 atom stereocenters. The van der Waals surface area contributed by atoms with Crippen molar-refractivity contribution in [1.82, 2.24) is 4.31 Å². The number of unbranched alkanes of at least 4 members (excludes halogenated alkanes) is 1. The van der Waals surface area contributed by atoms with E-state index in [1.807, 2.05) is 6.92 Å². The molecule has 0 aliphatic rings. The molecule has 0 spiro atoms. The van der Waals surface area contributed by atoms with E-state index in [4.69, 9.17) is 11.5 Å². The number of rotatable bonds is 7. The van der Waals surface area contributed by atoms with Crippen LogP contribution in [-0.2, 0) is 14.8 Å². The lowest BCUT2D eigenvalue weighted by Gasteiger charge is -2.23. The van der Waals surface area contributed by atoms with Crippen LogP contribution in [0.1, 0.15) is 30.9 Å². The lowest BCUT2D eigenvalue weighted by Crippen LogP contribution is -2.39. The molecular formula is C14H23N3O3S. The molecule has 1 rings (SSSR count). The molecule has 1 aromatic carbocycles. The van der Waals surface area contributed by atoms with E-state index >= 15 is 0 Å². The van der Waals surface area contributed by atoms with Gasteiger partial charge < -0.3 is 11.5 Å². The minimum Gasteiger partial charge on any atom is -0.398 e. The van der Waals surface area contributed by atoms with Crippen LogP contribution >= 0.6 is 0 Å². The van der Waals surface area contributed by atoms with Crippen LogP contribution in [0.25, 0.3) is 0 Å². The van der Waals surface area contributed by atoms with Crippen LogP contribution in [0.3, 0.4) is 0 Å². The number of nitrogens with two attached hydrogens (primary N) is 2. The first-order chi connectivity index (χ1) is 9.71. The first kappa shape index (κ1) is 17.5. The van der Waals surface area contributed by atoms with Gasteiger partial charge in [0, 0.05) is 12.2 Å². The molecular weight excluding hydrogens is 290 g/mol. The van der Waals surface area contributed by atoms with Crippen molar-refractivity contribution in [3.8, 4) is 0 Å². The third-order valence-corrected chi connectivity index (χ3v) is 5.47. The zero-order valence-corrected chi connectivity index (χ0v) is 13.5. The minimum absolute atomic E-state index is 0.167. The first-order valence-corrected chi connectivity index (χ1v) is 8.30. The maximum absolute atomic E-state index is 12.8. The maximum atomic E-state index is 12.8. The average Bonchev–Trinajstić information content (AvgIpc) is 2.38. The summed E-state index contributed by atoms with van der Waals surface area (Å²) in [6, 6.07) is 3.34. The fraction of sp³-hybridized carbons (Fsp3) is 0.500. The summed E-state index contributed by atoms with van der Waals surface area (Å²) in [7, 11) is -3.80. The van der Waals surface area contributed by atoms with E-state index in [0.717, 1.165) is 10.7 Å². The van der Waals surface area contributed by atoms with Crippen molar-refractivity contribution < 1.29 is 13.2 Å². The molecule has 1 aromatic rings. The van der Waals surface area contributed by atoms with Crippen molar-refractivity contribution in [3.63, 3.8) is 0 Å². The van der Waals surface area contributed by atoms with Gasteiger partial charge in [0.05, 0.1) is 11.4 Å². The van der Waals surface area contributed by atoms with Crippen molar-refractivity contribution in [3.05, 3.63) is 23.3 Å². The number of carbonyl (C=O) groups excluding carboxylic acids is 1. The van der Waals surface area contributed by atoms with Crippen LogP contribution in [-0.4, -0.2) is 31.7 Å². The summed E-state index contributed by atoms with van der Waals surface area (Å²) in [6.07, 6.45) is 1.48. The van der Waals surface area contributed by atoms with Gasteiger partial charge in [-0.25, -0.2) is 8.42 Å². The monoisotopic (exact) mass is 313 g/mol. The van der Waals surface area contributed by atoms with Crippen molar-refractivity contribution in [1.29, 1.82) is 0 Å². The van der Waals surface area contributed by atoms with Gasteiger partial charge in [-0.1, -0.05) is 19.4 Å². The van der Waals surface area contributed by atoms with Gasteiger partial charge in [-0.15, -0.1) is 0 Å². The maximum Gasteiger partial charge on any atom is 0.244 e. The molecule has 1 amide bonds. The number of aryl methyl sites for hydroxylation is 1. The van der Waals surface area contributed by atoms with E-state index in [9.17, 15) is 13.2 Å². The number of hydrogen-bond acceptors (Lipinski definition) is 4. The summed E-state index contributed by atoms with van der Waals surface area (Å²) in [5.74, 6) is -0.672. The number of benzene rings is 1. The predicted molar refractivity (Wildman–Crippen MR) is 83.2 cm³/mol. The molecule has 0 fully saturated rings. The number of anilines is 1. The standard InChI is InChI=1S/C14H23N3O3S/c1-4-5-8-17(9-13(16)18)21(19,20)14-10(2)6-7-12(15)11(14)3/h6-7H,4-5,8-9,15H2,1-3H3,(H2,16,18). The van der Waals surface area contributed by atoms with Crippen molar-refractivity contribution in [2.75, 3.05) is 18.8 Å². The summed E-state index contributed by atoms with van der Waals surface area (Å²) in [5, 5.41) is 0. The molecule has 0 aliphatic heterocycles. The predicted octanol–water partition coefficient (Wildman–Crippen LogP) is 1.16. The van der Waals surface area contributed by atoms with E-state index < -0.39 is 15.9 Å². The smallest absolute Gasteiger partial charge is 0.244 e. The molecule has 0 saturated carbocycles. The fourth-order valence-corrected chi connectivity index (χ4v) is 4.07. The Morgan fingerprint density at radius 1 is 1.29 bits per heavy atom. The minimum atomic E-state index is -3.80. The van der Waals surface area contributed by atoms with Crippen molar-refractivity contribution in [2.24, 2.45) is 5.73 Å². The van der Waals surface area contributed by atoms with Gasteiger partial charge in [-0.3, -0.25) is 4.79 Å². The zero-order chi connectivity index (χ0) is 16.2. The Hall–Kier alpha value is -1.60. The zero-order valence-electron chi connectivity index (χ0n) is 12.7. The second-order valence-electron chi connectivity index (χ2n) is 5.08. The number of carbonyl (C=O) groups is 1. The Morgan fingerprint density at radius 2 is 1.90 bits per heavy atom. The Labute approximate surface area is 126 Å².